The average Bonchev–Trinajstić information content (AvgIpc) is 1.86. The Morgan fingerprint density at radius 1 is 1.36 bits per heavy atom. The molecule has 0 radical (unpaired) electrons. The van der Waals surface area contributed by atoms with Gasteiger partial charge in [0.2, 0.25) is 0 Å². The molecule has 0 aromatic rings. The summed E-state index contributed by atoms with van der Waals surface area (Å²) in [6.45, 7) is 8.62. The van der Waals surface area contributed by atoms with E-state index in [0.29, 0.717) is 0 Å². The predicted molar refractivity (Wildman–Crippen MR) is 47.6 cm³/mol. The molecule has 1 aliphatic heterocycles. The summed E-state index contributed by atoms with van der Waals surface area (Å²) in [6, 6.07) is 0. The van der Waals surface area contributed by atoms with Crippen molar-refractivity contribution in [1.82, 2.24) is 10.2 Å². The number of nitrogens with one attached hydrogen (secondary N) is 1. The van der Waals surface area contributed by atoms with Crippen LogP contribution in [0.2, 0.25) is 0 Å². The van der Waals surface area contributed by atoms with E-state index in [9.17, 15) is 0 Å². The van der Waals surface area contributed by atoms with Crippen molar-refractivity contribution in [2.75, 3.05) is 0 Å². The highest BCUT2D eigenvalue weighted by atomic mass is 15.2. The SMILES string of the molecule is CC1=CN(C(C)(C)C)C=CN1. The molecule has 1 heterocycles. The zero-order valence-corrected chi connectivity index (χ0v) is 7.68. The molecule has 0 unspecified atom stereocenters. The van der Waals surface area contributed by atoms with Crippen molar-refractivity contribution in [3.05, 3.63) is 24.3 Å². The largest absolute Gasteiger partial charge is 0.363 e. The lowest BCUT2D eigenvalue weighted by Crippen LogP contribution is -2.35. The van der Waals surface area contributed by atoms with Crippen LogP contribution in [0.3, 0.4) is 0 Å². The molecule has 0 saturated carbocycles. The Hall–Kier alpha value is -0.920. The average molecular weight is 152 g/mol. The highest BCUT2D eigenvalue weighted by Crippen LogP contribution is 2.16. The second kappa shape index (κ2) is 2.61. The Morgan fingerprint density at radius 2 is 2.00 bits per heavy atom. The monoisotopic (exact) mass is 152 g/mol. The van der Waals surface area contributed by atoms with Gasteiger partial charge in [0.1, 0.15) is 0 Å². The first kappa shape index (κ1) is 8.18. The van der Waals surface area contributed by atoms with Gasteiger partial charge in [0.05, 0.1) is 0 Å². The number of hydrogen-bond donors (Lipinski definition) is 1. The molecule has 0 aromatic carbocycles. The molecule has 0 fully saturated rings. The maximum absolute atomic E-state index is 3.12. The molecule has 0 bridgehead atoms. The summed E-state index contributed by atoms with van der Waals surface area (Å²) >= 11 is 0. The summed E-state index contributed by atoms with van der Waals surface area (Å²) in [6.07, 6.45) is 6.12. The fourth-order valence-electron chi connectivity index (χ4n) is 0.955. The van der Waals surface area contributed by atoms with Gasteiger partial charge < -0.3 is 10.2 Å². The summed E-state index contributed by atoms with van der Waals surface area (Å²) in [7, 11) is 0. The van der Waals surface area contributed by atoms with Gasteiger partial charge in [0, 0.05) is 29.8 Å². The summed E-state index contributed by atoms with van der Waals surface area (Å²) in [5.74, 6) is 0. The number of hydrogen-bond acceptors (Lipinski definition) is 2. The van der Waals surface area contributed by atoms with E-state index in [0.717, 1.165) is 0 Å². The van der Waals surface area contributed by atoms with E-state index in [4.69, 9.17) is 0 Å². The number of rotatable bonds is 0. The Labute approximate surface area is 68.6 Å². The second-order valence-corrected chi connectivity index (χ2v) is 3.85. The standard InChI is InChI=1S/C9H16N2/c1-8-7-11(6-5-10-8)9(2,3)4/h5-7,10H,1-4H3. The normalized spacial score (nSPS) is 17.8. The molecule has 1 aliphatic rings. The van der Waals surface area contributed by atoms with Gasteiger partial charge in [0.25, 0.3) is 0 Å². The second-order valence-electron chi connectivity index (χ2n) is 3.85. The lowest BCUT2D eigenvalue weighted by atomic mass is 10.1. The van der Waals surface area contributed by atoms with E-state index in [2.05, 4.69) is 44.1 Å². The van der Waals surface area contributed by atoms with Crippen LogP contribution in [0.15, 0.2) is 24.3 Å². The van der Waals surface area contributed by atoms with Gasteiger partial charge in [-0.1, -0.05) is 0 Å². The van der Waals surface area contributed by atoms with E-state index >= 15 is 0 Å². The van der Waals surface area contributed by atoms with Crippen LogP contribution >= 0.6 is 0 Å². The van der Waals surface area contributed by atoms with Gasteiger partial charge in [-0.05, 0) is 27.7 Å². The third kappa shape index (κ3) is 2.00. The van der Waals surface area contributed by atoms with Crippen LogP contribution in [0.25, 0.3) is 0 Å². The van der Waals surface area contributed by atoms with Gasteiger partial charge in [-0.15, -0.1) is 0 Å². The molecule has 0 spiro atoms. The number of allylic oxidation sites excluding steroid dienone is 1. The molecule has 62 valence electrons. The molecule has 1 N–H and O–H groups in total. The minimum Gasteiger partial charge on any atom is -0.363 e. The van der Waals surface area contributed by atoms with Crippen molar-refractivity contribution in [2.45, 2.75) is 33.2 Å². The molecule has 0 aromatic heterocycles. The molecule has 2 nitrogen and oxygen atoms in total. The highest BCUT2D eigenvalue weighted by molar-refractivity contribution is 5.10. The smallest absolute Gasteiger partial charge is 0.0357 e. The van der Waals surface area contributed by atoms with E-state index in [1.807, 2.05) is 12.4 Å². The van der Waals surface area contributed by atoms with Crippen LogP contribution in [0.4, 0.5) is 0 Å². The fraction of sp³-hybridized carbons (Fsp3) is 0.556. The van der Waals surface area contributed by atoms with Crippen LogP contribution in [0.1, 0.15) is 27.7 Å². The van der Waals surface area contributed by atoms with Crippen molar-refractivity contribution >= 4 is 0 Å². The third-order valence-corrected chi connectivity index (χ3v) is 1.65. The van der Waals surface area contributed by atoms with Crippen molar-refractivity contribution < 1.29 is 0 Å². The van der Waals surface area contributed by atoms with Crippen LogP contribution < -0.4 is 5.32 Å². The Bertz CT molecular complexity index is 196. The molecule has 0 aliphatic carbocycles. The summed E-state index contributed by atoms with van der Waals surface area (Å²) in [4.78, 5) is 2.19. The molecule has 2 heteroatoms. The van der Waals surface area contributed by atoms with Gasteiger partial charge in [-0.2, -0.15) is 0 Å². The van der Waals surface area contributed by atoms with Crippen molar-refractivity contribution in [3.8, 4) is 0 Å². The first-order valence-corrected chi connectivity index (χ1v) is 3.90. The minimum absolute atomic E-state index is 0.180. The third-order valence-electron chi connectivity index (χ3n) is 1.65. The van der Waals surface area contributed by atoms with Gasteiger partial charge in [0.15, 0.2) is 0 Å². The molecule has 0 amide bonds. The maximum atomic E-state index is 3.12. The molecule has 11 heavy (non-hydrogen) atoms. The van der Waals surface area contributed by atoms with Gasteiger partial charge in [-0.3, -0.25) is 0 Å². The van der Waals surface area contributed by atoms with Crippen LogP contribution in [0.5, 0.6) is 0 Å². The molecular formula is C9H16N2. The zero-order valence-electron chi connectivity index (χ0n) is 7.68. The molecular weight excluding hydrogens is 136 g/mol. The first-order chi connectivity index (χ1) is 5.00. The van der Waals surface area contributed by atoms with E-state index < -0.39 is 0 Å². The first-order valence-electron chi connectivity index (χ1n) is 3.90. The number of nitrogens with zero attached hydrogens (tertiary/aromatic N) is 1. The predicted octanol–water partition coefficient (Wildman–Crippen LogP) is 2.02. The van der Waals surface area contributed by atoms with Crippen LogP contribution in [0, 0.1) is 0 Å². The summed E-state index contributed by atoms with van der Waals surface area (Å²) in [5, 5.41) is 3.12. The Kier molecular flexibility index (Phi) is 1.94. The van der Waals surface area contributed by atoms with E-state index in [-0.39, 0.29) is 5.54 Å². The molecule has 0 saturated heterocycles. The summed E-state index contributed by atoms with van der Waals surface area (Å²) < 4.78 is 0. The van der Waals surface area contributed by atoms with Gasteiger partial charge in [-0.25, -0.2) is 0 Å². The molecule has 1 rings (SSSR count). The quantitative estimate of drug-likeness (QED) is 0.571. The zero-order chi connectivity index (χ0) is 8.48. The topological polar surface area (TPSA) is 15.3 Å². The maximum Gasteiger partial charge on any atom is 0.0357 e. The van der Waals surface area contributed by atoms with Crippen molar-refractivity contribution in [2.24, 2.45) is 0 Å². The summed E-state index contributed by atoms with van der Waals surface area (Å²) in [5.41, 5.74) is 1.36. The lowest BCUT2D eigenvalue weighted by Gasteiger charge is -2.33. The fourth-order valence-corrected chi connectivity index (χ4v) is 0.955. The highest BCUT2D eigenvalue weighted by Gasteiger charge is 2.17. The van der Waals surface area contributed by atoms with E-state index in [1.54, 1.807) is 0 Å². The van der Waals surface area contributed by atoms with Crippen molar-refractivity contribution in [3.63, 3.8) is 0 Å². The van der Waals surface area contributed by atoms with Crippen LogP contribution in [-0.4, -0.2) is 10.4 Å². The Morgan fingerprint density at radius 3 is 2.36 bits per heavy atom. The molecule has 0 atom stereocenters. The minimum atomic E-state index is 0.180. The van der Waals surface area contributed by atoms with Crippen molar-refractivity contribution in [1.29, 1.82) is 0 Å². The van der Waals surface area contributed by atoms with Crippen LogP contribution in [-0.2, 0) is 0 Å². The van der Waals surface area contributed by atoms with Gasteiger partial charge >= 0.3 is 0 Å². The van der Waals surface area contributed by atoms with E-state index in [1.165, 1.54) is 5.70 Å². The Balaban J connectivity index is 2.74. The lowest BCUT2D eigenvalue weighted by molar-refractivity contribution is 0.273.